The third-order valence-electron chi connectivity index (χ3n) is 1.92. The summed E-state index contributed by atoms with van der Waals surface area (Å²) in [5, 5.41) is 2.28. The molecule has 0 unspecified atom stereocenters. The van der Waals surface area contributed by atoms with Crippen LogP contribution >= 0.6 is 0 Å². The number of rotatable bonds is 1. The van der Waals surface area contributed by atoms with E-state index in [0.717, 1.165) is 25.7 Å². The lowest BCUT2D eigenvalue weighted by Gasteiger charge is -2.20. The number of carbonyl (C=O) groups is 1. The predicted molar refractivity (Wildman–Crippen MR) is 36.5 cm³/mol. The molecule has 0 heterocycles. The van der Waals surface area contributed by atoms with Crippen molar-refractivity contribution in [3.05, 3.63) is 0 Å². The standard InChI is InChI=1S/C7H12FNO/c8-7(10)9-6-4-2-1-3-5-6/h6H,1-5H2,(H,9,10). The lowest BCUT2D eigenvalue weighted by atomic mass is 9.96. The Morgan fingerprint density at radius 3 is 2.40 bits per heavy atom. The third-order valence-corrected chi connectivity index (χ3v) is 1.92. The summed E-state index contributed by atoms with van der Waals surface area (Å²) in [5.41, 5.74) is 0. The molecule has 1 fully saturated rings. The molecule has 0 saturated heterocycles. The van der Waals surface area contributed by atoms with Gasteiger partial charge in [0.05, 0.1) is 0 Å². The van der Waals surface area contributed by atoms with Crippen molar-refractivity contribution in [3.8, 4) is 0 Å². The summed E-state index contributed by atoms with van der Waals surface area (Å²) in [5.74, 6) is 0. The second kappa shape index (κ2) is 3.54. The minimum absolute atomic E-state index is 0.103. The molecule has 10 heavy (non-hydrogen) atoms. The summed E-state index contributed by atoms with van der Waals surface area (Å²) in [6.45, 7) is 0. The molecular weight excluding hydrogens is 133 g/mol. The summed E-state index contributed by atoms with van der Waals surface area (Å²) in [7, 11) is 0. The van der Waals surface area contributed by atoms with Crippen molar-refractivity contribution in [2.45, 2.75) is 38.1 Å². The van der Waals surface area contributed by atoms with Crippen molar-refractivity contribution in [1.82, 2.24) is 5.32 Å². The largest absolute Gasteiger partial charge is 0.397 e. The molecule has 1 aliphatic rings. The van der Waals surface area contributed by atoms with Gasteiger partial charge in [-0.25, -0.2) is 4.79 Å². The highest BCUT2D eigenvalue weighted by Gasteiger charge is 2.14. The Kier molecular flexibility index (Phi) is 2.66. The smallest absolute Gasteiger partial charge is 0.325 e. The maximum atomic E-state index is 11.7. The van der Waals surface area contributed by atoms with Gasteiger partial charge in [-0.15, -0.1) is 4.39 Å². The Balaban J connectivity index is 2.19. The lowest BCUT2D eigenvalue weighted by Crippen LogP contribution is -2.32. The molecule has 0 spiro atoms. The predicted octanol–water partition coefficient (Wildman–Crippen LogP) is 2.00. The molecule has 0 aliphatic heterocycles. The number of hydrogen-bond acceptors (Lipinski definition) is 1. The Hall–Kier alpha value is -0.600. The second-order valence-corrected chi connectivity index (χ2v) is 2.75. The molecule has 1 N–H and O–H groups in total. The Morgan fingerprint density at radius 1 is 1.30 bits per heavy atom. The van der Waals surface area contributed by atoms with E-state index in [1.807, 2.05) is 0 Å². The minimum Gasteiger partial charge on any atom is -0.325 e. The first-order valence-corrected chi connectivity index (χ1v) is 3.75. The zero-order valence-corrected chi connectivity index (χ0v) is 5.90. The zero-order valence-electron chi connectivity index (χ0n) is 5.90. The van der Waals surface area contributed by atoms with E-state index in [-0.39, 0.29) is 6.04 Å². The van der Waals surface area contributed by atoms with Gasteiger partial charge in [0.25, 0.3) is 0 Å². The first kappa shape index (κ1) is 7.51. The molecule has 1 saturated carbocycles. The van der Waals surface area contributed by atoms with Gasteiger partial charge in [-0.05, 0) is 12.8 Å². The summed E-state index contributed by atoms with van der Waals surface area (Å²) >= 11 is 0. The average Bonchev–Trinajstić information content (AvgIpc) is 1.88. The van der Waals surface area contributed by atoms with E-state index >= 15 is 0 Å². The van der Waals surface area contributed by atoms with Crippen molar-refractivity contribution in [2.24, 2.45) is 0 Å². The number of nitrogens with one attached hydrogen (secondary N) is 1. The van der Waals surface area contributed by atoms with Gasteiger partial charge >= 0.3 is 6.16 Å². The van der Waals surface area contributed by atoms with Crippen LogP contribution in [0, 0.1) is 0 Å². The van der Waals surface area contributed by atoms with E-state index in [9.17, 15) is 9.18 Å². The van der Waals surface area contributed by atoms with E-state index < -0.39 is 6.16 Å². The zero-order chi connectivity index (χ0) is 7.40. The summed E-state index contributed by atoms with van der Waals surface area (Å²) in [6.07, 6.45) is 3.95. The van der Waals surface area contributed by atoms with Crippen LogP contribution in [-0.4, -0.2) is 12.2 Å². The van der Waals surface area contributed by atoms with Crippen LogP contribution < -0.4 is 5.32 Å². The van der Waals surface area contributed by atoms with Crippen LogP contribution in [0.3, 0.4) is 0 Å². The molecule has 0 aromatic carbocycles. The van der Waals surface area contributed by atoms with Crippen LogP contribution in [0.1, 0.15) is 32.1 Å². The molecule has 0 bridgehead atoms. The van der Waals surface area contributed by atoms with Gasteiger partial charge in [-0.2, -0.15) is 0 Å². The average molecular weight is 145 g/mol. The Morgan fingerprint density at radius 2 is 1.90 bits per heavy atom. The summed E-state index contributed by atoms with van der Waals surface area (Å²) < 4.78 is 11.7. The summed E-state index contributed by atoms with van der Waals surface area (Å²) in [4.78, 5) is 9.93. The van der Waals surface area contributed by atoms with Crippen LogP contribution in [-0.2, 0) is 0 Å². The molecule has 0 atom stereocenters. The number of hydrogen-bond donors (Lipinski definition) is 1. The van der Waals surface area contributed by atoms with E-state index in [4.69, 9.17) is 0 Å². The molecule has 1 amide bonds. The monoisotopic (exact) mass is 145 g/mol. The van der Waals surface area contributed by atoms with E-state index in [0.29, 0.717) is 0 Å². The molecule has 3 heteroatoms. The van der Waals surface area contributed by atoms with Crippen LogP contribution in [0.4, 0.5) is 9.18 Å². The SMILES string of the molecule is O=C(F)NC1CCCCC1. The highest BCUT2D eigenvalue weighted by molar-refractivity contribution is 5.65. The molecule has 1 rings (SSSR count). The maximum Gasteiger partial charge on any atom is 0.397 e. The molecule has 0 aromatic heterocycles. The van der Waals surface area contributed by atoms with E-state index in [1.54, 1.807) is 0 Å². The Labute approximate surface area is 59.8 Å². The topological polar surface area (TPSA) is 29.1 Å². The second-order valence-electron chi connectivity index (χ2n) is 2.75. The van der Waals surface area contributed by atoms with E-state index in [1.165, 1.54) is 6.42 Å². The molecule has 1 aliphatic carbocycles. The quantitative estimate of drug-likeness (QED) is 0.443. The van der Waals surface area contributed by atoms with Gasteiger partial charge in [-0.1, -0.05) is 19.3 Å². The molecule has 2 nitrogen and oxygen atoms in total. The van der Waals surface area contributed by atoms with Gasteiger partial charge in [0, 0.05) is 6.04 Å². The maximum absolute atomic E-state index is 11.7. The fourth-order valence-corrected chi connectivity index (χ4v) is 1.41. The van der Waals surface area contributed by atoms with Crippen molar-refractivity contribution >= 4 is 6.16 Å². The highest BCUT2D eigenvalue weighted by atomic mass is 19.1. The van der Waals surface area contributed by atoms with Crippen molar-refractivity contribution < 1.29 is 9.18 Å². The first-order chi connectivity index (χ1) is 4.79. The molecule has 0 aromatic rings. The molecular formula is C7H12FNO. The van der Waals surface area contributed by atoms with E-state index in [2.05, 4.69) is 5.32 Å². The van der Waals surface area contributed by atoms with Gasteiger partial charge in [0.15, 0.2) is 0 Å². The van der Waals surface area contributed by atoms with Gasteiger partial charge in [0.1, 0.15) is 0 Å². The Bertz CT molecular complexity index is 121. The van der Waals surface area contributed by atoms with Crippen LogP contribution in [0.2, 0.25) is 0 Å². The third kappa shape index (κ3) is 2.33. The normalized spacial score (nSPS) is 20.5. The number of carbonyl (C=O) groups excluding carboxylic acids is 1. The molecule has 58 valence electrons. The lowest BCUT2D eigenvalue weighted by molar-refractivity contribution is 0.213. The van der Waals surface area contributed by atoms with Crippen LogP contribution in [0.15, 0.2) is 0 Å². The van der Waals surface area contributed by atoms with Gasteiger partial charge in [0.2, 0.25) is 0 Å². The van der Waals surface area contributed by atoms with Crippen molar-refractivity contribution in [1.29, 1.82) is 0 Å². The van der Waals surface area contributed by atoms with Crippen LogP contribution in [0.25, 0.3) is 0 Å². The van der Waals surface area contributed by atoms with Crippen LogP contribution in [0.5, 0.6) is 0 Å². The fourth-order valence-electron chi connectivity index (χ4n) is 1.41. The van der Waals surface area contributed by atoms with Crippen molar-refractivity contribution in [2.75, 3.05) is 0 Å². The van der Waals surface area contributed by atoms with Gasteiger partial charge < -0.3 is 5.32 Å². The minimum atomic E-state index is -1.38. The molecule has 0 radical (unpaired) electrons. The number of amides is 1. The first-order valence-electron chi connectivity index (χ1n) is 3.75. The van der Waals surface area contributed by atoms with Gasteiger partial charge in [-0.3, -0.25) is 0 Å². The van der Waals surface area contributed by atoms with Crippen molar-refractivity contribution in [3.63, 3.8) is 0 Å². The highest BCUT2D eigenvalue weighted by Crippen LogP contribution is 2.17. The summed E-state index contributed by atoms with van der Waals surface area (Å²) in [6, 6.07) is 0.103. The fraction of sp³-hybridized carbons (Fsp3) is 0.857. The number of halogens is 1.